The first-order chi connectivity index (χ1) is 3.85. The van der Waals surface area contributed by atoms with Crippen molar-refractivity contribution in [3.05, 3.63) is 0 Å². The SMILES string of the molecule is O=S(C(F)F)C(F)(F)F. The van der Waals surface area contributed by atoms with Crippen molar-refractivity contribution < 1.29 is 26.2 Å². The summed E-state index contributed by atoms with van der Waals surface area (Å²) < 4.78 is 64.0. The van der Waals surface area contributed by atoms with Crippen LogP contribution in [0.4, 0.5) is 22.0 Å². The Kier molecular flexibility index (Phi) is 2.53. The molecule has 1 nitrogen and oxygen atoms in total. The number of rotatable bonds is 1. The maximum absolute atomic E-state index is 10.9. The predicted octanol–water partition coefficient (Wildman–Crippen LogP) is 1.48. The number of hydrogen-bond donors (Lipinski definition) is 0. The van der Waals surface area contributed by atoms with Gasteiger partial charge in [-0.1, -0.05) is 0 Å². The van der Waals surface area contributed by atoms with E-state index in [9.17, 15) is 26.2 Å². The zero-order valence-corrected chi connectivity index (χ0v) is 4.60. The molecule has 0 aromatic carbocycles. The van der Waals surface area contributed by atoms with E-state index in [1.54, 1.807) is 0 Å². The van der Waals surface area contributed by atoms with Gasteiger partial charge in [-0.05, 0) is 0 Å². The van der Waals surface area contributed by atoms with Gasteiger partial charge in [0.05, 0.1) is 0 Å². The van der Waals surface area contributed by atoms with E-state index in [-0.39, 0.29) is 0 Å². The molecule has 0 aliphatic rings. The van der Waals surface area contributed by atoms with Gasteiger partial charge in [-0.2, -0.15) is 22.0 Å². The van der Waals surface area contributed by atoms with Gasteiger partial charge >= 0.3 is 11.3 Å². The normalized spacial score (nSPS) is 16.2. The van der Waals surface area contributed by atoms with E-state index in [0.717, 1.165) is 0 Å². The van der Waals surface area contributed by atoms with Crippen LogP contribution in [-0.2, 0) is 10.8 Å². The smallest absolute Gasteiger partial charge is 0.245 e. The molecule has 0 amide bonds. The van der Waals surface area contributed by atoms with Crippen LogP contribution in [0.15, 0.2) is 0 Å². The third-order valence-corrected chi connectivity index (χ3v) is 1.17. The number of hydrogen-bond acceptors (Lipinski definition) is 1. The standard InChI is InChI=1S/C2HF5OS/c3-1(4)9(8)2(5,6)7/h1H. The molecule has 0 radical (unpaired) electrons. The number of alkyl halides is 5. The third kappa shape index (κ3) is 2.73. The van der Waals surface area contributed by atoms with Crippen molar-refractivity contribution in [2.75, 3.05) is 0 Å². The topological polar surface area (TPSA) is 17.1 Å². The van der Waals surface area contributed by atoms with Crippen molar-refractivity contribution in [2.45, 2.75) is 11.3 Å². The Bertz CT molecular complexity index is 117. The Morgan fingerprint density at radius 1 is 1.22 bits per heavy atom. The Labute approximate surface area is 49.3 Å². The van der Waals surface area contributed by atoms with Gasteiger partial charge in [0.25, 0.3) is 0 Å². The molecule has 1 unspecified atom stereocenters. The first kappa shape index (κ1) is 8.80. The molecule has 0 heterocycles. The fourth-order valence-electron chi connectivity index (χ4n) is 0.101. The summed E-state index contributed by atoms with van der Waals surface area (Å²) in [5.74, 6) is -3.84. The van der Waals surface area contributed by atoms with E-state index in [0.29, 0.717) is 0 Å². The van der Waals surface area contributed by atoms with Crippen LogP contribution in [0.5, 0.6) is 0 Å². The number of halogens is 5. The minimum atomic E-state index is -5.30. The molecule has 0 fully saturated rings. The highest BCUT2D eigenvalue weighted by Crippen LogP contribution is 2.23. The van der Waals surface area contributed by atoms with E-state index in [1.165, 1.54) is 0 Å². The van der Waals surface area contributed by atoms with Gasteiger partial charge in [-0.15, -0.1) is 0 Å². The van der Waals surface area contributed by atoms with Crippen molar-refractivity contribution in [2.24, 2.45) is 0 Å². The molecule has 0 aliphatic carbocycles. The summed E-state index contributed by atoms with van der Waals surface area (Å²) in [6.45, 7) is 0. The minimum absolute atomic E-state index is 3.84. The van der Waals surface area contributed by atoms with Crippen LogP contribution in [0, 0.1) is 0 Å². The van der Waals surface area contributed by atoms with Crippen LogP contribution >= 0.6 is 0 Å². The molecule has 1 atom stereocenters. The Hall–Kier alpha value is -0.200. The maximum Gasteiger partial charge on any atom is 0.476 e. The molecular weight excluding hydrogens is 167 g/mol. The average molecular weight is 168 g/mol. The van der Waals surface area contributed by atoms with Gasteiger partial charge in [0.1, 0.15) is 0 Å². The van der Waals surface area contributed by atoms with Gasteiger partial charge in [-0.3, -0.25) is 0 Å². The summed E-state index contributed by atoms with van der Waals surface area (Å²) in [6, 6.07) is 0. The summed E-state index contributed by atoms with van der Waals surface area (Å²) in [6.07, 6.45) is 0. The highest BCUT2D eigenvalue weighted by molar-refractivity contribution is 7.86. The van der Waals surface area contributed by atoms with Gasteiger partial charge in [0.2, 0.25) is 0 Å². The third-order valence-electron chi connectivity index (χ3n) is 0.390. The molecule has 0 rings (SSSR count). The fourth-order valence-corrected chi connectivity index (χ4v) is 0.303. The van der Waals surface area contributed by atoms with Crippen molar-refractivity contribution in [3.63, 3.8) is 0 Å². The molecule has 0 bridgehead atoms. The van der Waals surface area contributed by atoms with Crippen molar-refractivity contribution in [1.82, 2.24) is 0 Å². The Balaban J connectivity index is 4.06. The molecule has 9 heavy (non-hydrogen) atoms. The average Bonchev–Trinajstić information content (AvgIpc) is 1.62. The molecule has 56 valence electrons. The lowest BCUT2D eigenvalue weighted by Gasteiger charge is -2.02. The molecule has 0 aromatic rings. The largest absolute Gasteiger partial charge is 0.476 e. The van der Waals surface area contributed by atoms with E-state index < -0.39 is 22.1 Å². The maximum atomic E-state index is 10.9. The zero-order chi connectivity index (χ0) is 7.65. The lowest BCUT2D eigenvalue weighted by Crippen LogP contribution is -2.21. The molecule has 7 heteroatoms. The molecule has 0 aliphatic heterocycles. The van der Waals surface area contributed by atoms with Crippen LogP contribution < -0.4 is 0 Å². The molecule has 0 N–H and O–H groups in total. The molecule has 0 aromatic heterocycles. The minimum Gasteiger partial charge on any atom is -0.245 e. The van der Waals surface area contributed by atoms with Crippen LogP contribution in [0.3, 0.4) is 0 Å². The second-order valence-electron chi connectivity index (χ2n) is 1.00. The van der Waals surface area contributed by atoms with Crippen LogP contribution in [-0.4, -0.2) is 15.5 Å². The summed E-state index contributed by atoms with van der Waals surface area (Å²) in [4.78, 5) is 0. The summed E-state index contributed by atoms with van der Waals surface area (Å²) in [5.41, 5.74) is -5.30. The zero-order valence-electron chi connectivity index (χ0n) is 3.78. The van der Waals surface area contributed by atoms with Crippen molar-refractivity contribution in [1.29, 1.82) is 0 Å². The van der Waals surface area contributed by atoms with Crippen molar-refractivity contribution in [3.8, 4) is 0 Å². The molecule has 0 saturated carbocycles. The van der Waals surface area contributed by atoms with Gasteiger partial charge in [-0.25, -0.2) is 4.21 Å². The molecule has 0 saturated heterocycles. The van der Waals surface area contributed by atoms with E-state index in [2.05, 4.69) is 0 Å². The van der Waals surface area contributed by atoms with Gasteiger partial charge < -0.3 is 0 Å². The second kappa shape index (κ2) is 2.59. The predicted molar refractivity (Wildman–Crippen MR) is 20.2 cm³/mol. The van der Waals surface area contributed by atoms with E-state index >= 15 is 0 Å². The van der Waals surface area contributed by atoms with Crippen LogP contribution in [0.1, 0.15) is 0 Å². The lowest BCUT2D eigenvalue weighted by atomic mass is 11.5. The summed E-state index contributed by atoms with van der Waals surface area (Å²) in [5, 5.41) is 0. The Morgan fingerprint density at radius 2 is 1.56 bits per heavy atom. The fraction of sp³-hybridized carbons (Fsp3) is 1.00. The highest BCUT2D eigenvalue weighted by atomic mass is 32.2. The first-order valence-electron chi connectivity index (χ1n) is 1.61. The van der Waals surface area contributed by atoms with Crippen LogP contribution in [0.2, 0.25) is 0 Å². The monoisotopic (exact) mass is 168 g/mol. The second-order valence-corrected chi connectivity index (χ2v) is 2.42. The summed E-state index contributed by atoms with van der Waals surface area (Å²) in [7, 11) is -4.02. The lowest BCUT2D eigenvalue weighted by molar-refractivity contribution is -0.0425. The Morgan fingerprint density at radius 3 is 1.56 bits per heavy atom. The quantitative estimate of drug-likeness (QED) is 0.542. The molecule has 0 spiro atoms. The van der Waals surface area contributed by atoms with Gasteiger partial charge in [0, 0.05) is 0 Å². The first-order valence-corrected chi connectivity index (χ1v) is 2.82. The van der Waals surface area contributed by atoms with Crippen LogP contribution in [0.25, 0.3) is 0 Å². The summed E-state index contributed by atoms with van der Waals surface area (Å²) >= 11 is 0. The van der Waals surface area contributed by atoms with Crippen molar-refractivity contribution >= 4 is 10.8 Å². The van der Waals surface area contributed by atoms with Gasteiger partial charge in [0.15, 0.2) is 10.8 Å². The highest BCUT2D eigenvalue weighted by Gasteiger charge is 2.42. The van der Waals surface area contributed by atoms with E-state index in [4.69, 9.17) is 0 Å². The van der Waals surface area contributed by atoms with E-state index in [1.807, 2.05) is 0 Å². The molecular formula is C2HF5OS.